The lowest BCUT2D eigenvalue weighted by atomic mass is 9.80. The molecule has 0 unspecified atom stereocenters. The first-order chi connectivity index (χ1) is 26.6. The highest BCUT2D eigenvalue weighted by atomic mass is 32.2. The van der Waals surface area contributed by atoms with E-state index >= 15 is 0 Å². The largest absolute Gasteiger partial charge is 0.309 e. The second-order valence-corrected chi connectivity index (χ2v) is 16.4. The van der Waals surface area contributed by atoms with Gasteiger partial charge in [-0.25, -0.2) is 0 Å². The molecule has 0 atom stereocenters. The zero-order chi connectivity index (χ0) is 35.7. The van der Waals surface area contributed by atoms with E-state index in [-0.39, 0.29) is 5.41 Å². The Kier molecular flexibility index (Phi) is 6.08. The molecule has 54 heavy (non-hydrogen) atoms. The van der Waals surface area contributed by atoms with Crippen LogP contribution < -0.4 is 4.90 Å². The number of fused-ring (bicyclic) bond motifs is 15. The van der Waals surface area contributed by atoms with Crippen molar-refractivity contribution in [2.45, 2.75) is 29.1 Å². The maximum Gasteiger partial charge on any atom is 0.0601 e. The van der Waals surface area contributed by atoms with Gasteiger partial charge in [-0.3, -0.25) is 0 Å². The molecule has 0 saturated heterocycles. The third kappa shape index (κ3) is 3.97. The maximum atomic E-state index is 2.54. The minimum Gasteiger partial charge on any atom is -0.309 e. The van der Waals surface area contributed by atoms with Gasteiger partial charge >= 0.3 is 0 Å². The van der Waals surface area contributed by atoms with Crippen LogP contribution in [0.1, 0.15) is 25.0 Å². The first kappa shape index (κ1) is 30.2. The maximum absolute atomic E-state index is 2.54. The number of nitrogens with zero attached hydrogens (tertiary/aromatic N) is 2. The number of anilines is 3. The number of para-hydroxylation sites is 3. The first-order valence-corrected chi connectivity index (χ1v) is 19.6. The Hall–Kier alpha value is -6.29. The molecule has 2 heterocycles. The molecule has 3 heteroatoms. The molecule has 0 spiro atoms. The lowest BCUT2D eigenvalue weighted by Crippen LogP contribution is -2.17. The van der Waals surface area contributed by atoms with Gasteiger partial charge in [0.25, 0.3) is 0 Å². The van der Waals surface area contributed by atoms with E-state index < -0.39 is 0 Å². The van der Waals surface area contributed by atoms with Crippen molar-refractivity contribution in [1.82, 2.24) is 4.57 Å². The van der Waals surface area contributed by atoms with Crippen molar-refractivity contribution in [3.63, 3.8) is 0 Å². The van der Waals surface area contributed by atoms with Crippen LogP contribution in [0, 0.1) is 0 Å². The minimum absolute atomic E-state index is 0.239. The van der Waals surface area contributed by atoms with Crippen LogP contribution in [0.5, 0.6) is 0 Å². The SMILES string of the molecule is CC1(C)c2cc3c4ccccc4c4ccccc4c3cc2-c2ccc3c4ccccc4n(-c4cccc(N5c6ccccc6Sc6ccccc65)c4)c3c21. The zero-order valence-electron chi connectivity index (χ0n) is 30.0. The summed E-state index contributed by atoms with van der Waals surface area (Å²) in [4.78, 5) is 4.97. The molecule has 1 aromatic heterocycles. The molecule has 12 rings (SSSR count). The van der Waals surface area contributed by atoms with Gasteiger partial charge in [0.15, 0.2) is 0 Å². The predicted octanol–water partition coefficient (Wildman–Crippen LogP) is 14.5. The van der Waals surface area contributed by atoms with Gasteiger partial charge in [-0.2, -0.15) is 0 Å². The van der Waals surface area contributed by atoms with E-state index in [1.54, 1.807) is 0 Å². The summed E-state index contributed by atoms with van der Waals surface area (Å²) in [6, 6.07) is 63.2. The smallest absolute Gasteiger partial charge is 0.0601 e. The Balaban J connectivity index is 1.14. The van der Waals surface area contributed by atoms with E-state index in [1.807, 2.05) is 11.8 Å². The molecule has 0 bridgehead atoms. The van der Waals surface area contributed by atoms with Crippen LogP contribution in [0.3, 0.4) is 0 Å². The van der Waals surface area contributed by atoms with Crippen LogP contribution in [-0.2, 0) is 5.41 Å². The molecular weight excluding hydrogens is 673 g/mol. The monoisotopic (exact) mass is 706 g/mol. The van der Waals surface area contributed by atoms with E-state index in [4.69, 9.17) is 0 Å². The van der Waals surface area contributed by atoms with Crippen LogP contribution in [-0.4, -0.2) is 4.57 Å². The van der Waals surface area contributed by atoms with Crippen molar-refractivity contribution in [2.24, 2.45) is 0 Å². The van der Waals surface area contributed by atoms with Crippen LogP contribution in [0.15, 0.2) is 180 Å². The summed E-state index contributed by atoms with van der Waals surface area (Å²) in [5, 5.41) is 10.5. The number of aromatic nitrogens is 1. The lowest BCUT2D eigenvalue weighted by Gasteiger charge is -2.33. The van der Waals surface area contributed by atoms with Crippen LogP contribution >= 0.6 is 11.8 Å². The number of hydrogen-bond donors (Lipinski definition) is 0. The van der Waals surface area contributed by atoms with Gasteiger partial charge in [-0.15, -0.1) is 0 Å². The highest BCUT2D eigenvalue weighted by Crippen LogP contribution is 2.56. The molecule has 0 radical (unpaired) electrons. The first-order valence-electron chi connectivity index (χ1n) is 18.8. The lowest BCUT2D eigenvalue weighted by molar-refractivity contribution is 0.665. The summed E-state index contributed by atoms with van der Waals surface area (Å²) >= 11 is 1.85. The van der Waals surface area contributed by atoms with E-state index in [2.05, 4.69) is 193 Å². The van der Waals surface area contributed by atoms with Gasteiger partial charge < -0.3 is 9.47 Å². The minimum atomic E-state index is -0.239. The second kappa shape index (κ2) is 10.9. The van der Waals surface area contributed by atoms with E-state index in [9.17, 15) is 0 Å². The molecule has 0 fully saturated rings. The number of benzene rings is 9. The average Bonchev–Trinajstić information content (AvgIpc) is 3.67. The Morgan fingerprint density at radius 1 is 0.426 bits per heavy atom. The molecule has 10 aromatic rings. The molecule has 9 aromatic carbocycles. The number of hydrogen-bond acceptors (Lipinski definition) is 2. The van der Waals surface area contributed by atoms with Crippen molar-refractivity contribution >= 4 is 82.9 Å². The zero-order valence-corrected chi connectivity index (χ0v) is 30.8. The predicted molar refractivity (Wildman–Crippen MR) is 230 cm³/mol. The van der Waals surface area contributed by atoms with Gasteiger partial charge in [0.05, 0.1) is 22.4 Å². The summed E-state index contributed by atoms with van der Waals surface area (Å²) in [5.41, 5.74) is 12.5. The summed E-state index contributed by atoms with van der Waals surface area (Å²) < 4.78 is 2.54. The third-order valence-corrected chi connectivity index (χ3v) is 13.2. The highest BCUT2D eigenvalue weighted by molar-refractivity contribution is 7.99. The van der Waals surface area contributed by atoms with Gasteiger partial charge in [0.1, 0.15) is 0 Å². The topological polar surface area (TPSA) is 8.17 Å². The molecule has 0 saturated carbocycles. The van der Waals surface area contributed by atoms with Gasteiger partial charge in [-0.1, -0.05) is 135 Å². The van der Waals surface area contributed by atoms with Gasteiger partial charge in [-0.05, 0) is 115 Å². The van der Waals surface area contributed by atoms with Crippen LogP contribution in [0.4, 0.5) is 17.1 Å². The standard InChI is InChI=1S/C51H34N2S/c1-51(2)43-30-41-36-19-6-4-17-34(36)33-16-3-5-18-35(33)40(41)29-42(43)38-26-27-39-37-20-7-8-21-44(37)53(50(39)49(38)51)32-15-13-14-31(28-32)52-45-22-9-11-24-47(45)54-48-25-12-10-23-46(48)52/h3-30H,1-2H3. The average molecular weight is 707 g/mol. The normalized spacial score (nSPS) is 14.1. The molecule has 0 amide bonds. The molecular formula is C51H34N2S. The van der Waals surface area contributed by atoms with Crippen LogP contribution in [0.2, 0.25) is 0 Å². The molecule has 0 N–H and O–H groups in total. The fourth-order valence-electron chi connectivity index (χ4n) is 9.76. The van der Waals surface area contributed by atoms with Crippen molar-refractivity contribution in [3.8, 4) is 16.8 Å². The summed E-state index contributed by atoms with van der Waals surface area (Å²) in [5.74, 6) is 0. The van der Waals surface area contributed by atoms with E-state index in [0.29, 0.717) is 0 Å². The molecule has 2 nitrogen and oxygen atoms in total. The van der Waals surface area contributed by atoms with Crippen molar-refractivity contribution in [1.29, 1.82) is 0 Å². The molecule has 2 aliphatic rings. The second-order valence-electron chi connectivity index (χ2n) is 15.3. The quantitative estimate of drug-likeness (QED) is 0.165. The molecule has 1 aliphatic heterocycles. The Bertz CT molecular complexity index is 3190. The summed E-state index contributed by atoms with van der Waals surface area (Å²) in [6.45, 7) is 4.87. The fraction of sp³-hybridized carbons (Fsp3) is 0.0588. The van der Waals surface area contributed by atoms with E-state index in [1.165, 1.54) is 97.5 Å². The Morgan fingerprint density at radius 3 is 1.67 bits per heavy atom. The third-order valence-electron chi connectivity index (χ3n) is 12.1. The summed E-state index contributed by atoms with van der Waals surface area (Å²) in [6.07, 6.45) is 0. The summed E-state index contributed by atoms with van der Waals surface area (Å²) in [7, 11) is 0. The fourth-order valence-corrected chi connectivity index (χ4v) is 10.8. The van der Waals surface area contributed by atoms with Gasteiger partial charge in [0, 0.05) is 37.4 Å². The molecule has 1 aliphatic carbocycles. The Labute approximate surface area is 317 Å². The van der Waals surface area contributed by atoms with Crippen LogP contribution in [0.25, 0.3) is 70.9 Å². The van der Waals surface area contributed by atoms with Gasteiger partial charge in [0.2, 0.25) is 0 Å². The van der Waals surface area contributed by atoms with Crippen molar-refractivity contribution in [2.75, 3.05) is 4.90 Å². The molecule has 254 valence electrons. The Morgan fingerprint density at radius 2 is 0.981 bits per heavy atom. The van der Waals surface area contributed by atoms with E-state index in [0.717, 1.165) is 11.4 Å². The van der Waals surface area contributed by atoms with Crippen molar-refractivity contribution < 1.29 is 0 Å². The van der Waals surface area contributed by atoms with Crippen molar-refractivity contribution in [3.05, 3.63) is 181 Å². The highest BCUT2D eigenvalue weighted by Gasteiger charge is 2.39. The number of rotatable bonds is 2.